The third kappa shape index (κ3) is 10.3. The summed E-state index contributed by atoms with van der Waals surface area (Å²) in [7, 11) is 0. The van der Waals surface area contributed by atoms with E-state index in [1.807, 2.05) is 6.92 Å². The van der Waals surface area contributed by atoms with Crippen molar-refractivity contribution in [1.82, 2.24) is 16.0 Å². The number of carbonyl (C=O) groups excluding carboxylic acids is 3. The third-order valence-corrected chi connectivity index (χ3v) is 6.06. The molecule has 11 heteroatoms. The number of carboxylic acid groups (broad SMARTS) is 1. The zero-order valence-electron chi connectivity index (χ0n) is 21.3. The van der Waals surface area contributed by atoms with Gasteiger partial charge in [-0.2, -0.15) is 0 Å². The lowest BCUT2D eigenvalue weighted by atomic mass is 9.98. The molecule has 36 heavy (non-hydrogen) atoms. The number of aliphatic hydroxyl groups is 1. The Balaban J connectivity index is 3.05. The van der Waals surface area contributed by atoms with E-state index >= 15 is 0 Å². The normalized spacial score (nSPS) is 16.1. The number of hydrogen-bond donors (Lipinski definition) is 7. The van der Waals surface area contributed by atoms with Crippen molar-refractivity contribution < 1.29 is 29.4 Å². The van der Waals surface area contributed by atoms with Crippen LogP contribution in [0.15, 0.2) is 30.3 Å². The summed E-state index contributed by atoms with van der Waals surface area (Å²) in [5.74, 6) is -3.61. The minimum Gasteiger partial charge on any atom is -0.480 e. The Morgan fingerprint density at radius 2 is 1.53 bits per heavy atom. The summed E-state index contributed by atoms with van der Waals surface area (Å²) in [4.78, 5) is 50.4. The maximum Gasteiger partial charge on any atom is 0.326 e. The van der Waals surface area contributed by atoms with E-state index in [2.05, 4.69) is 16.0 Å². The number of aliphatic hydroxyl groups excluding tert-OH is 1. The fourth-order valence-electron chi connectivity index (χ4n) is 3.56. The fourth-order valence-corrected chi connectivity index (χ4v) is 3.56. The highest BCUT2D eigenvalue weighted by atomic mass is 16.4. The smallest absolute Gasteiger partial charge is 0.326 e. The zero-order chi connectivity index (χ0) is 27.3. The zero-order valence-corrected chi connectivity index (χ0v) is 21.3. The van der Waals surface area contributed by atoms with Crippen LogP contribution in [0.2, 0.25) is 0 Å². The number of carboxylic acids is 1. The van der Waals surface area contributed by atoms with Crippen molar-refractivity contribution in [3.05, 3.63) is 35.9 Å². The topological polar surface area (TPSA) is 197 Å². The van der Waals surface area contributed by atoms with Crippen LogP contribution >= 0.6 is 0 Å². The largest absolute Gasteiger partial charge is 0.480 e. The van der Waals surface area contributed by atoms with Gasteiger partial charge in [0.05, 0.1) is 12.1 Å². The minimum atomic E-state index is -1.37. The van der Waals surface area contributed by atoms with Gasteiger partial charge in [-0.15, -0.1) is 0 Å². The third-order valence-electron chi connectivity index (χ3n) is 6.06. The number of aliphatic carboxylic acids is 1. The number of amides is 3. The quantitative estimate of drug-likeness (QED) is 0.147. The maximum absolute atomic E-state index is 13.1. The van der Waals surface area contributed by atoms with Crippen LogP contribution in [0.5, 0.6) is 0 Å². The average molecular weight is 508 g/mol. The van der Waals surface area contributed by atoms with E-state index in [1.54, 1.807) is 37.3 Å². The van der Waals surface area contributed by atoms with Crippen molar-refractivity contribution in [3.8, 4) is 0 Å². The number of carbonyl (C=O) groups is 4. The van der Waals surface area contributed by atoms with E-state index in [0.717, 1.165) is 5.56 Å². The summed E-state index contributed by atoms with van der Waals surface area (Å²) in [6, 6.07) is 4.34. The second-order valence-electron chi connectivity index (χ2n) is 9.08. The number of hydrogen-bond acceptors (Lipinski definition) is 7. The second kappa shape index (κ2) is 15.9. The molecular formula is C25H41N5O6. The van der Waals surface area contributed by atoms with Gasteiger partial charge in [-0.25, -0.2) is 4.79 Å². The molecule has 1 aromatic carbocycles. The highest BCUT2D eigenvalue weighted by molar-refractivity contribution is 5.94. The molecule has 0 aromatic heterocycles. The van der Waals surface area contributed by atoms with Crippen molar-refractivity contribution >= 4 is 23.7 Å². The molecule has 0 aliphatic rings. The van der Waals surface area contributed by atoms with Crippen LogP contribution in [-0.4, -0.2) is 70.7 Å². The number of unbranched alkanes of at least 4 members (excludes halogenated alkanes) is 1. The summed E-state index contributed by atoms with van der Waals surface area (Å²) in [5, 5.41) is 27.3. The molecule has 1 rings (SSSR count). The summed E-state index contributed by atoms with van der Waals surface area (Å²) >= 11 is 0. The molecule has 0 bridgehead atoms. The number of benzene rings is 1. The molecule has 0 saturated carbocycles. The molecule has 0 fully saturated rings. The Kier molecular flexibility index (Phi) is 13.7. The van der Waals surface area contributed by atoms with E-state index < -0.39 is 54.0 Å². The minimum absolute atomic E-state index is 0.0737. The molecule has 6 unspecified atom stereocenters. The number of nitrogens with one attached hydrogen (secondary N) is 3. The summed E-state index contributed by atoms with van der Waals surface area (Å²) in [5.41, 5.74) is 12.1. The summed E-state index contributed by atoms with van der Waals surface area (Å²) in [6.45, 7) is 5.32. The molecule has 0 aliphatic heterocycles. The highest BCUT2D eigenvalue weighted by Gasteiger charge is 2.33. The lowest BCUT2D eigenvalue weighted by Gasteiger charge is -2.27. The van der Waals surface area contributed by atoms with Crippen LogP contribution in [0.1, 0.15) is 52.0 Å². The van der Waals surface area contributed by atoms with E-state index in [0.29, 0.717) is 32.2 Å². The molecule has 202 valence electrons. The molecule has 1 aromatic rings. The van der Waals surface area contributed by atoms with E-state index in [1.165, 1.54) is 6.92 Å². The standard InChI is InChI=1S/C25H41N5O6/c1-4-15(2)20(25(35)36)29-23(33)19(14-17-10-6-5-7-11-17)28-24(34)21(16(3)31)30-22(32)18(27)12-8-9-13-26/h5-7,10-11,15-16,18-21,31H,4,8-9,12-14,26-27H2,1-3H3,(H,28,34)(H,29,33)(H,30,32)(H,35,36). The van der Waals surface area contributed by atoms with Crippen LogP contribution in [0.3, 0.4) is 0 Å². The molecule has 11 nitrogen and oxygen atoms in total. The van der Waals surface area contributed by atoms with Gasteiger partial charge in [0.25, 0.3) is 0 Å². The first-order valence-electron chi connectivity index (χ1n) is 12.3. The molecule has 0 heterocycles. The first kappa shape index (κ1) is 31.0. The van der Waals surface area contributed by atoms with Gasteiger partial charge in [-0.05, 0) is 37.8 Å². The molecule has 3 amide bonds. The molecule has 9 N–H and O–H groups in total. The van der Waals surface area contributed by atoms with Gasteiger partial charge < -0.3 is 37.6 Å². The van der Waals surface area contributed by atoms with Crippen molar-refractivity contribution in [2.24, 2.45) is 17.4 Å². The van der Waals surface area contributed by atoms with Crippen LogP contribution in [-0.2, 0) is 25.6 Å². The van der Waals surface area contributed by atoms with Gasteiger partial charge in [0.2, 0.25) is 17.7 Å². The van der Waals surface area contributed by atoms with Crippen LogP contribution < -0.4 is 27.4 Å². The molecular weight excluding hydrogens is 466 g/mol. The molecule has 6 atom stereocenters. The lowest BCUT2D eigenvalue weighted by Crippen LogP contribution is -2.60. The molecule has 0 radical (unpaired) electrons. The SMILES string of the molecule is CCC(C)C(NC(=O)C(Cc1ccccc1)NC(=O)C(NC(=O)C(N)CCCCN)C(C)O)C(=O)O. The van der Waals surface area contributed by atoms with Gasteiger partial charge in [0.15, 0.2) is 0 Å². The van der Waals surface area contributed by atoms with Gasteiger partial charge >= 0.3 is 5.97 Å². The summed E-state index contributed by atoms with van der Waals surface area (Å²) < 4.78 is 0. The Bertz CT molecular complexity index is 851. The Labute approximate surface area is 212 Å². The van der Waals surface area contributed by atoms with Crippen molar-refractivity contribution in [1.29, 1.82) is 0 Å². The van der Waals surface area contributed by atoms with E-state index in [-0.39, 0.29) is 12.3 Å². The Hall–Kier alpha value is -3.02. The lowest BCUT2D eigenvalue weighted by molar-refractivity contribution is -0.144. The monoisotopic (exact) mass is 507 g/mol. The van der Waals surface area contributed by atoms with E-state index in [9.17, 15) is 29.4 Å². The van der Waals surface area contributed by atoms with Gasteiger partial charge in [0, 0.05) is 6.42 Å². The number of nitrogens with two attached hydrogens (primary N) is 2. The van der Waals surface area contributed by atoms with Gasteiger partial charge in [-0.3, -0.25) is 14.4 Å². The predicted molar refractivity (Wildman–Crippen MR) is 136 cm³/mol. The maximum atomic E-state index is 13.1. The highest BCUT2D eigenvalue weighted by Crippen LogP contribution is 2.10. The summed E-state index contributed by atoms with van der Waals surface area (Å²) in [6.07, 6.45) is 1.02. The predicted octanol–water partition coefficient (Wildman–Crippen LogP) is -0.349. The first-order chi connectivity index (χ1) is 17.0. The molecule has 0 aliphatic carbocycles. The van der Waals surface area contributed by atoms with E-state index in [4.69, 9.17) is 11.5 Å². The Morgan fingerprint density at radius 1 is 0.917 bits per heavy atom. The average Bonchev–Trinajstić information content (AvgIpc) is 2.84. The van der Waals surface area contributed by atoms with Gasteiger partial charge in [0.1, 0.15) is 18.1 Å². The van der Waals surface area contributed by atoms with Crippen LogP contribution in [0.4, 0.5) is 0 Å². The van der Waals surface area contributed by atoms with Crippen molar-refractivity contribution in [2.45, 2.75) is 83.1 Å². The number of rotatable bonds is 16. The van der Waals surface area contributed by atoms with Crippen molar-refractivity contribution in [2.75, 3.05) is 6.54 Å². The van der Waals surface area contributed by atoms with Crippen LogP contribution in [0.25, 0.3) is 0 Å². The second-order valence-corrected chi connectivity index (χ2v) is 9.08. The molecule has 0 spiro atoms. The van der Waals surface area contributed by atoms with Crippen LogP contribution in [0, 0.1) is 5.92 Å². The van der Waals surface area contributed by atoms with Gasteiger partial charge in [-0.1, -0.05) is 57.0 Å². The fraction of sp³-hybridized carbons (Fsp3) is 0.600. The van der Waals surface area contributed by atoms with Crippen molar-refractivity contribution in [3.63, 3.8) is 0 Å². The Morgan fingerprint density at radius 3 is 2.06 bits per heavy atom. The molecule has 0 saturated heterocycles. The first-order valence-corrected chi connectivity index (χ1v) is 12.3.